The van der Waals surface area contributed by atoms with Gasteiger partial charge in [-0.15, -0.1) is 0 Å². The van der Waals surface area contributed by atoms with Gasteiger partial charge in [0.2, 0.25) is 11.8 Å². The first-order valence-corrected chi connectivity index (χ1v) is 8.32. The molecule has 1 rings (SSSR count). The highest BCUT2D eigenvalue weighted by molar-refractivity contribution is 5.81. The standard InChI is InChI=1S/C15H29N5O4/c1-3-4-5-20(19-9(2)21)13(22)8-10-6-11(14(23)24)7-12(10)18-15(16)17/h10-12,15,18H,3-8,16-17H2,1-2H3,(H,19,21)(H,23,24). The van der Waals surface area contributed by atoms with Crippen LogP contribution >= 0.6 is 0 Å². The lowest BCUT2D eigenvalue weighted by Gasteiger charge is -2.27. The molecular weight excluding hydrogens is 314 g/mol. The number of carbonyl (C=O) groups excluding carboxylic acids is 2. The highest BCUT2D eigenvalue weighted by Crippen LogP contribution is 2.34. The fourth-order valence-corrected chi connectivity index (χ4v) is 3.09. The van der Waals surface area contributed by atoms with Crippen molar-refractivity contribution in [3.8, 4) is 0 Å². The zero-order chi connectivity index (χ0) is 18.3. The number of nitrogens with two attached hydrogens (primary N) is 2. The molecule has 2 amide bonds. The van der Waals surface area contributed by atoms with Crippen LogP contribution in [0.2, 0.25) is 0 Å². The zero-order valence-electron chi connectivity index (χ0n) is 14.3. The number of carboxylic acids is 1. The number of hydrogen-bond acceptors (Lipinski definition) is 6. The molecule has 0 bridgehead atoms. The molecule has 0 aromatic heterocycles. The van der Waals surface area contributed by atoms with Gasteiger partial charge in [-0.25, -0.2) is 0 Å². The van der Waals surface area contributed by atoms with Crippen molar-refractivity contribution in [2.24, 2.45) is 23.3 Å². The van der Waals surface area contributed by atoms with Crippen molar-refractivity contribution in [1.29, 1.82) is 0 Å². The Morgan fingerprint density at radius 2 is 1.96 bits per heavy atom. The number of aliphatic carboxylic acids is 1. The van der Waals surface area contributed by atoms with Crippen LogP contribution in [0.1, 0.15) is 46.0 Å². The predicted molar refractivity (Wildman–Crippen MR) is 88.0 cm³/mol. The zero-order valence-corrected chi connectivity index (χ0v) is 14.3. The van der Waals surface area contributed by atoms with Crippen LogP contribution in [0, 0.1) is 11.8 Å². The van der Waals surface area contributed by atoms with E-state index in [9.17, 15) is 19.5 Å². The molecule has 138 valence electrons. The molecule has 9 nitrogen and oxygen atoms in total. The van der Waals surface area contributed by atoms with Gasteiger partial charge in [0.1, 0.15) is 6.29 Å². The van der Waals surface area contributed by atoms with Gasteiger partial charge in [-0.3, -0.25) is 30.1 Å². The number of rotatable bonds is 8. The average molecular weight is 343 g/mol. The summed E-state index contributed by atoms with van der Waals surface area (Å²) in [5.41, 5.74) is 13.6. The molecule has 1 saturated carbocycles. The van der Waals surface area contributed by atoms with E-state index in [1.807, 2.05) is 6.92 Å². The lowest BCUT2D eigenvalue weighted by Crippen LogP contribution is -2.52. The smallest absolute Gasteiger partial charge is 0.306 e. The first kappa shape index (κ1) is 20.3. The topological polar surface area (TPSA) is 151 Å². The summed E-state index contributed by atoms with van der Waals surface area (Å²) < 4.78 is 0. The number of hydrogen-bond donors (Lipinski definition) is 5. The summed E-state index contributed by atoms with van der Waals surface area (Å²) >= 11 is 0. The molecule has 0 saturated heterocycles. The van der Waals surface area contributed by atoms with Crippen LogP contribution in [0.25, 0.3) is 0 Å². The van der Waals surface area contributed by atoms with E-state index in [0.717, 1.165) is 12.8 Å². The molecule has 7 N–H and O–H groups in total. The van der Waals surface area contributed by atoms with E-state index < -0.39 is 18.2 Å². The Bertz CT molecular complexity index is 457. The van der Waals surface area contributed by atoms with E-state index in [0.29, 0.717) is 19.4 Å². The van der Waals surface area contributed by atoms with Crippen molar-refractivity contribution in [1.82, 2.24) is 15.8 Å². The SMILES string of the molecule is CCCCN(NC(C)=O)C(=O)CC1CC(C(=O)O)CC1NC(N)N. The van der Waals surface area contributed by atoms with Crippen LogP contribution in [0.15, 0.2) is 0 Å². The van der Waals surface area contributed by atoms with Crippen molar-refractivity contribution in [3.05, 3.63) is 0 Å². The second-order valence-corrected chi connectivity index (χ2v) is 6.34. The summed E-state index contributed by atoms with van der Waals surface area (Å²) in [5.74, 6) is -2.14. The first-order valence-electron chi connectivity index (χ1n) is 8.32. The van der Waals surface area contributed by atoms with Crippen LogP contribution in [-0.4, -0.2) is 46.8 Å². The number of hydrazine groups is 1. The largest absolute Gasteiger partial charge is 0.481 e. The van der Waals surface area contributed by atoms with Crippen molar-refractivity contribution in [3.63, 3.8) is 0 Å². The Balaban J connectivity index is 2.74. The lowest BCUT2D eigenvalue weighted by atomic mass is 9.98. The lowest BCUT2D eigenvalue weighted by molar-refractivity contribution is -0.142. The molecule has 0 heterocycles. The molecule has 1 fully saturated rings. The molecule has 0 radical (unpaired) electrons. The maximum absolute atomic E-state index is 12.5. The highest BCUT2D eigenvalue weighted by atomic mass is 16.4. The van der Waals surface area contributed by atoms with Crippen molar-refractivity contribution in [2.45, 2.75) is 58.3 Å². The van der Waals surface area contributed by atoms with Crippen molar-refractivity contribution >= 4 is 17.8 Å². The van der Waals surface area contributed by atoms with Gasteiger partial charge in [0, 0.05) is 25.9 Å². The van der Waals surface area contributed by atoms with Crippen LogP contribution in [0.5, 0.6) is 0 Å². The average Bonchev–Trinajstić information content (AvgIpc) is 2.85. The summed E-state index contributed by atoms with van der Waals surface area (Å²) in [6.07, 6.45) is 1.79. The highest BCUT2D eigenvalue weighted by Gasteiger charge is 2.39. The number of amides is 2. The molecule has 24 heavy (non-hydrogen) atoms. The third kappa shape index (κ3) is 6.42. The van der Waals surface area contributed by atoms with Crippen LogP contribution in [0.3, 0.4) is 0 Å². The van der Waals surface area contributed by atoms with Crippen molar-refractivity contribution in [2.75, 3.05) is 6.54 Å². The fraction of sp³-hybridized carbons (Fsp3) is 0.800. The van der Waals surface area contributed by atoms with Gasteiger partial charge in [0.15, 0.2) is 0 Å². The second-order valence-electron chi connectivity index (χ2n) is 6.34. The summed E-state index contributed by atoms with van der Waals surface area (Å²) in [6, 6.07) is -0.236. The van der Waals surface area contributed by atoms with Gasteiger partial charge < -0.3 is 16.6 Å². The molecule has 1 aliphatic carbocycles. The van der Waals surface area contributed by atoms with Gasteiger partial charge in [-0.1, -0.05) is 13.3 Å². The van der Waals surface area contributed by atoms with Gasteiger partial charge in [-0.2, -0.15) is 0 Å². The molecule has 0 aromatic rings. The number of nitrogens with zero attached hydrogens (tertiary/aromatic N) is 1. The van der Waals surface area contributed by atoms with E-state index in [-0.39, 0.29) is 30.2 Å². The molecule has 1 aliphatic rings. The maximum Gasteiger partial charge on any atom is 0.306 e. The van der Waals surface area contributed by atoms with Crippen LogP contribution < -0.4 is 22.2 Å². The van der Waals surface area contributed by atoms with E-state index >= 15 is 0 Å². The summed E-state index contributed by atoms with van der Waals surface area (Å²) in [7, 11) is 0. The monoisotopic (exact) mass is 343 g/mol. The number of nitrogens with one attached hydrogen (secondary N) is 2. The Hall–Kier alpha value is -1.71. The second kappa shape index (κ2) is 9.55. The summed E-state index contributed by atoms with van der Waals surface area (Å²) in [6.45, 7) is 3.77. The van der Waals surface area contributed by atoms with E-state index in [4.69, 9.17) is 11.5 Å². The molecule has 0 spiro atoms. The number of carboxylic acid groups (broad SMARTS) is 1. The Morgan fingerprint density at radius 1 is 1.29 bits per heavy atom. The minimum atomic E-state index is -0.882. The van der Waals surface area contributed by atoms with Gasteiger partial charge in [-0.05, 0) is 25.2 Å². The Kier molecular flexibility index (Phi) is 8.09. The number of carbonyl (C=O) groups is 3. The first-order chi connectivity index (χ1) is 11.2. The van der Waals surface area contributed by atoms with Crippen molar-refractivity contribution < 1.29 is 19.5 Å². The molecule has 9 heteroatoms. The minimum Gasteiger partial charge on any atom is -0.481 e. The molecule has 3 unspecified atom stereocenters. The molecule has 3 atom stereocenters. The Morgan fingerprint density at radius 3 is 2.46 bits per heavy atom. The quantitative estimate of drug-likeness (QED) is 0.289. The predicted octanol–water partition coefficient (Wildman–Crippen LogP) is -0.674. The van der Waals surface area contributed by atoms with Crippen LogP contribution in [0.4, 0.5) is 0 Å². The molecule has 0 aromatic carbocycles. The maximum atomic E-state index is 12.5. The third-order valence-electron chi connectivity index (χ3n) is 4.22. The Labute approximate surface area is 142 Å². The van der Waals surface area contributed by atoms with Gasteiger partial charge >= 0.3 is 5.97 Å². The molecular formula is C15H29N5O4. The normalized spacial score (nSPS) is 23.3. The minimum absolute atomic E-state index is 0.137. The van der Waals surface area contributed by atoms with Crippen LogP contribution in [-0.2, 0) is 14.4 Å². The molecule has 0 aliphatic heterocycles. The summed E-state index contributed by atoms with van der Waals surface area (Å²) in [4.78, 5) is 35.0. The van der Waals surface area contributed by atoms with E-state index in [2.05, 4.69) is 10.7 Å². The van der Waals surface area contributed by atoms with Gasteiger partial charge in [0.25, 0.3) is 0 Å². The third-order valence-corrected chi connectivity index (χ3v) is 4.22. The van der Waals surface area contributed by atoms with Gasteiger partial charge in [0.05, 0.1) is 5.92 Å². The van der Waals surface area contributed by atoms with E-state index in [1.54, 1.807) is 0 Å². The summed E-state index contributed by atoms with van der Waals surface area (Å²) in [5, 5.41) is 13.5. The van der Waals surface area contributed by atoms with E-state index in [1.165, 1.54) is 11.9 Å². The number of unbranched alkanes of at least 4 members (excludes halogenated alkanes) is 1. The fourth-order valence-electron chi connectivity index (χ4n) is 3.09.